The number of rotatable bonds is 17. The fraction of sp³-hybridized carbons (Fsp3) is 1.00. The lowest BCUT2D eigenvalue weighted by Crippen LogP contribution is -2.25. The lowest BCUT2D eigenvalue weighted by Gasteiger charge is -2.15. The van der Waals surface area contributed by atoms with Gasteiger partial charge >= 0.3 is 0 Å². The van der Waals surface area contributed by atoms with Crippen molar-refractivity contribution >= 4 is 12.4 Å². The van der Waals surface area contributed by atoms with Crippen LogP contribution in [0.15, 0.2) is 0 Å². The average Bonchev–Trinajstić information content (AvgIpc) is 2.47. The zero-order valence-corrected chi connectivity index (χ0v) is 17.0. The van der Waals surface area contributed by atoms with E-state index in [1.165, 1.54) is 89.9 Å². The van der Waals surface area contributed by atoms with Crippen molar-refractivity contribution in [1.29, 1.82) is 0 Å². The molecule has 0 bridgehead atoms. The first-order valence-corrected chi connectivity index (χ1v) is 9.99. The van der Waals surface area contributed by atoms with Crippen LogP contribution in [0.1, 0.15) is 103 Å². The number of halogens is 1. The highest BCUT2D eigenvalue weighted by Crippen LogP contribution is 2.13. The Labute approximate surface area is 152 Å². The maximum absolute atomic E-state index is 9.77. The SMILES string of the molecule is CCCCCCCCCCCCCCCCC(O)CN(C)C.Cl. The van der Waals surface area contributed by atoms with Gasteiger partial charge in [-0.05, 0) is 20.5 Å². The van der Waals surface area contributed by atoms with Crippen molar-refractivity contribution in [1.82, 2.24) is 4.90 Å². The first kappa shape index (κ1) is 25.5. The van der Waals surface area contributed by atoms with E-state index in [1.54, 1.807) is 0 Å². The zero-order chi connectivity index (χ0) is 16.5. The van der Waals surface area contributed by atoms with Crippen LogP contribution in [0.4, 0.5) is 0 Å². The van der Waals surface area contributed by atoms with Gasteiger partial charge in [0, 0.05) is 6.54 Å². The first-order valence-electron chi connectivity index (χ1n) is 9.99. The fourth-order valence-electron chi connectivity index (χ4n) is 3.09. The van der Waals surface area contributed by atoms with Gasteiger partial charge in [-0.3, -0.25) is 0 Å². The summed E-state index contributed by atoms with van der Waals surface area (Å²) in [5.41, 5.74) is 0. The third kappa shape index (κ3) is 22.2. The van der Waals surface area contributed by atoms with Crippen molar-refractivity contribution in [2.75, 3.05) is 20.6 Å². The van der Waals surface area contributed by atoms with Crippen molar-refractivity contribution < 1.29 is 5.11 Å². The summed E-state index contributed by atoms with van der Waals surface area (Å²) in [6, 6.07) is 0. The van der Waals surface area contributed by atoms with Crippen LogP contribution in [-0.2, 0) is 0 Å². The van der Waals surface area contributed by atoms with Crippen LogP contribution in [0.25, 0.3) is 0 Å². The van der Waals surface area contributed by atoms with E-state index in [4.69, 9.17) is 0 Å². The summed E-state index contributed by atoms with van der Waals surface area (Å²) in [6.07, 6.45) is 20.4. The van der Waals surface area contributed by atoms with Gasteiger partial charge in [-0.2, -0.15) is 0 Å². The molecule has 2 nitrogen and oxygen atoms in total. The smallest absolute Gasteiger partial charge is 0.0666 e. The minimum Gasteiger partial charge on any atom is -0.392 e. The molecule has 0 aliphatic carbocycles. The van der Waals surface area contributed by atoms with Crippen LogP contribution in [-0.4, -0.2) is 36.8 Å². The summed E-state index contributed by atoms with van der Waals surface area (Å²) in [7, 11) is 4.04. The second kappa shape index (κ2) is 20.3. The minimum absolute atomic E-state index is 0. The maximum atomic E-state index is 9.77. The van der Waals surface area contributed by atoms with Crippen LogP contribution in [0.3, 0.4) is 0 Å². The molecule has 0 aromatic heterocycles. The minimum atomic E-state index is -0.132. The molecule has 142 valence electrons. The number of hydrogen-bond acceptors (Lipinski definition) is 2. The average molecular weight is 350 g/mol. The molecule has 0 aliphatic heterocycles. The van der Waals surface area contributed by atoms with Crippen LogP contribution < -0.4 is 0 Å². The molecule has 0 radical (unpaired) electrons. The molecule has 1 atom stereocenters. The Balaban J connectivity index is 0. The molecule has 3 heteroatoms. The first-order chi connectivity index (χ1) is 10.7. The van der Waals surface area contributed by atoms with Gasteiger partial charge in [0.05, 0.1) is 6.10 Å². The Morgan fingerprint density at radius 2 is 1.00 bits per heavy atom. The summed E-state index contributed by atoms with van der Waals surface area (Å²) in [4.78, 5) is 2.06. The Morgan fingerprint density at radius 3 is 1.35 bits per heavy atom. The van der Waals surface area contributed by atoms with Crippen LogP contribution in [0.5, 0.6) is 0 Å². The monoisotopic (exact) mass is 349 g/mol. The summed E-state index contributed by atoms with van der Waals surface area (Å²) < 4.78 is 0. The van der Waals surface area contributed by atoms with E-state index < -0.39 is 0 Å². The third-order valence-corrected chi connectivity index (χ3v) is 4.47. The van der Waals surface area contributed by atoms with Crippen LogP contribution in [0.2, 0.25) is 0 Å². The molecule has 1 unspecified atom stereocenters. The predicted molar refractivity (Wildman–Crippen MR) is 107 cm³/mol. The number of aliphatic hydroxyl groups is 1. The van der Waals surface area contributed by atoms with Gasteiger partial charge in [0.1, 0.15) is 0 Å². The van der Waals surface area contributed by atoms with E-state index in [0.717, 1.165) is 13.0 Å². The molecule has 0 saturated heterocycles. The van der Waals surface area contributed by atoms with Gasteiger partial charge in [-0.15, -0.1) is 12.4 Å². The molecule has 0 fully saturated rings. The number of hydrogen-bond donors (Lipinski definition) is 1. The second-order valence-electron chi connectivity index (χ2n) is 7.30. The van der Waals surface area contributed by atoms with Crippen molar-refractivity contribution in [3.05, 3.63) is 0 Å². The molecule has 0 rings (SSSR count). The number of unbranched alkanes of at least 4 members (excludes halogenated alkanes) is 13. The number of nitrogens with zero attached hydrogens (tertiary/aromatic N) is 1. The molecule has 0 aliphatic rings. The molecular formula is C20H44ClNO. The topological polar surface area (TPSA) is 23.5 Å². The van der Waals surface area contributed by atoms with Crippen LogP contribution >= 0.6 is 12.4 Å². The molecule has 0 aromatic carbocycles. The lowest BCUT2D eigenvalue weighted by atomic mass is 10.0. The van der Waals surface area contributed by atoms with Crippen molar-refractivity contribution in [2.24, 2.45) is 0 Å². The summed E-state index contributed by atoms with van der Waals surface area (Å²) >= 11 is 0. The Hall–Kier alpha value is 0.210. The molecule has 0 heterocycles. The van der Waals surface area contributed by atoms with Crippen molar-refractivity contribution in [3.63, 3.8) is 0 Å². The van der Waals surface area contributed by atoms with Gasteiger partial charge in [0.25, 0.3) is 0 Å². The zero-order valence-electron chi connectivity index (χ0n) is 16.2. The van der Waals surface area contributed by atoms with E-state index in [2.05, 4.69) is 11.8 Å². The van der Waals surface area contributed by atoms with E-state index in [-0.39, 0.29) is 18.5 Å². The van der Waals surface area contributed by atoms with Gasteiger partial charge < -0.3 is 10.0 Å². The fourth-order valence-corrected chi connectivity index (χ4v) is 3.09. The molecule has 0 saturated carbocycles. The highest BCUT2D eigenvalue weighted by atomic mass is 35.5. The molecule has 0 spiro atoms. The third-order valence-electron chi connectivity index (χ3n) is 4.47. The van der Waals surface area contributed by atoms with Gasteiger partial charge in [0.15, 0.2) is 0 Å². The van der Waals surface area contributed by atoms with E-state index in [1.807, 2.05) is 14.1 Å². The molecule has 0 aromatic rings. The molecule has 1 N–H and O–H groups in total. The quantitative estimate of drug-likeness (QED) is 0.316. The standard InChI is InChI=1S/C20H43NO.ClH/c1-4-5-6-7-8-9-10-11-12-13-14-15-16-17-18-20(22)19-21(2)3;/h20,22H,4-19H2,1-3H3;1H. The van der Waals surface area contributed by atoms with Crippen molar-refractivity contribution in [2.45, 2.75) is 109 Å². The Bertz CT molecular complexity index is 212. The van der Waals surface area contributed by atoms with Crippen molar-refractivity contribution in [3.8, 4) is 0 Å². The number of aliphatic hydroxyl groups excluding tert-OH is 1. The molecule has 23 heavy (non-hydrogen) atoms. The number of likely N-dealkylation sites (N-methyl/N-ethyl adjacent to an activating group) is 1. The van der Waals surface area contributed by atoms with Gasteiger partial charge in [-0.1, -0.05) is 96.8 Å². The Morgan fingerprint density at radius 1 is 0.652 bits per heavy atom. The lowest BCUT2D eigenvalue weighted by molar-refractivity contribution is 0.125. The second-order valence-corrected chi connectivity index (χ2v) is 7.30. The van der Waals surface area contributed by atoms with Crippen LogP contribution in [0, 0.1) is 0 Å². The van der Waals surface area contributed by atoms with Gasteiger partial charge in [-0.25, -0.2) is 0 Å². The Kier molecular flexibility index (Phi) is 22.4. The summed E-state index contributed by atoms with van der Waals surface area (Å²) in [5.74, 6) is 0. The normalized spacial score (nSPS) is 12.4. The van der Waals surface area contributed by atoms with E-state index >= 15 is 0 Å². The summed E-state index contributed by atoms with van der Waals surface area (Å²) in [6.45, 7) is 3.09. The highest BCUT2D eigenvalue weighted by molar-refractivity contribution is 5.85. The highest BCUT2D eigenvalue weighted by Gasteiger charge is 2.04. The predicted octanol–water partition coefficient (Wildman–Crippen LogP) is 6.20. The largest absolute Gasteiger partial charge is 0.392 e. The summed E-state index contributed by atoms with van der Waals surface area (Å²) in [5, 5.41) is 9.77. The van der Waals surface area contributed by atoms with E-state index in [9.17, 15) is 5.11 Å². The molecular weight excluding hydrogens is 306 g/mol. The maximum Gasteiger partial charge on any atom is 0.0666 e. The molecule has 0 amide bonds. The van der Waals surface area contributed by atoms with E-state index in [0.29, 0.717) is 0 Å². The van der Waals surface area contributed by atoms with Gasteiger partial charge in [0.2, 0.25) is 0 Å².